The molecule has 2 heterocycles. The highest BCUT2D eigenvalue weighted by Gasteiger charge is 2.04. The summed E-state index contributed by atoms with van der Waals surface area (Å²) < 4.78 is 20.2. The van der Waals surface area contributed by atoms with E-state index in [1.54, 1.807) is 38.6 Å². The van der Waals surface area contributed by atoms with E-state index in [0.29, 0.717) is 34.4 Å². The van der Waals surface area contributed by atoms with E-state index in [0.717, 1.165) is 13.2 Å². The van der Waals surface area contributed by atoms with Crippen molar-refractivity contribution in [1.29, 1.82) is 0 Å². The number of hydrogen-bond acceptors (Lipinski definition) is 9. The van der Waals surface area contributed by atoms with Gasteiger partial charge in [-0.1, -0.05) is 0 Å². The quantitative estimate of drug-likeness (QED) is 0.579. The molecule has 0 bridgehead atoms. The Morgan fingerprint density at radius 1 is 0.750 bits per heavy atom. The number of carboxylic acids is 1. The summed E-state index contributed by atoms with van der Waals surface area (Å²) in [5, 5.41) is 15.4. The first-order valence-corrected chi connectivity index (χ1v) is 9.05. The van der Waals surface area contributed by atoms with Gasteiger partial charge in [0.05, 0.1) is 52.2 Å². The number of ether oxygens (including phenoxy) is 4. The minimum absolute atomic E-state index is 0.0217. The van der Waals surface area contributed by atoms with Crippen LogP contribution >= 0.6 is 0 Å². The molecule has 0 radical (unpaired) electrons. The Bertz CT molecular complexity index is 851. The van der Waals surface area contributed by atoms with Crippen LogP contribution in [0.4, 0.5) is 0 Å². The van der Waals surface area contributed by atoms with Gasteiger partial charge in [0, 0.05) is 25.3 Å². The van der Waals surface area contributed by atoms with Crippen LogP contribution in [0.2, 0.25) is 0 Å². The van der Waals surface area contributed by atoms with Crippen LogP contribution in [0.1, 0.15) is 18.3 Å². The van der Waals surface area contributed by atoms with E-state index in [-0.39, 0.29) is 5.78 Å². The van der Waals surface area contributed by atoms with Crippen molar-refractivity contribution in [2.75, 3.05) is 35.5 Å². The average molecular weight is 448 g/mol. The number of aliphatic carboxylic acids is 1. The summed E-state index contributed by atoms with van der Waals surface area (Å²) in [4.78, 5) is 29.1. The standard InChI is InChI=1S/C11H13NO3.C10H11NO4.CH4O/c1-8(13)4-5-9-6-10(14-2)11(15-3)7-12-9;1-14-8-5-7(3-4-10(12)13)11-6-9(8)15-2;1-2/h4-7H,1-3H3;3-6H,1-2H3,(H,12,13);2H,1H3/b5-4+;4-3+;. The molecule has 0 unspecified atom stereocenters. The van der Waals surface area contributed by atoms with Gasteiger partial charge in [0.1, 0.15) is 0 Å². The number of nitrogens with zero attached hydrogens (tertiary/aromatic N) is 2. The third-order valence-corrected chi connectivity index (χ3v) is 3.47. The maximum absolute atomic E-state index is 10.7. The van der Waals surface area contributed by atoms with Gasteiger partial charge in [-0.25, -0.2) is 4.79 Å². The van der Waals surface area contributed by atoms with Gasteiger partial charge in [0.15, 0.2) is 28.8 Å². The molecule has 2 aromatic heterocycles. The highest BCUT2D eigenvalue weighted by Crippen LogP contribution is 2.26. The monoisotopic (exact) mass is 448 g/mol. The molecule has 0 aromatic carbocycles. The van der Waals surface area contributed by atoms with Crippen molar-refractivity contribution in [3.8, 4) is 23.0 Å². The molecule has 0 atom stereocenters. The minimum atomic E-state index is -1.02. The molecule has 0 aliphatic rings. The van der Waals surface area contributed by atoms with E-state index in [4.69, 9.17) is 29.2 Å². The zero-order chi connectivity index (χ0) is 24.5. The number of carbonyl (C=O) groups excluding carboxylic acids is 1. The summed E-state index contributed by atoms with van der Waals surface area (Å²) >= 11 is 0. The van der Waals surface area contributed by atoms with Gasteiger partial charge < -0.3 is 29.2 Å². The SMILES string of the molecule is CO.COc1cnc(/C=C/C(=O)O)cc1OC.COc1cnc(/C=C/C(C)=O)cc1OC. The van der Waals surface area contributed by atoms with Crippen LogP contribution in [0, 0.1) is 0 Å². The first kappa shape index (κ1) is 28.1. The molecule has 0 saturated carbocycles. The van der Waals surface area contributed by atoms with Crippen LogP contribution in [0.5, 0.6) is 23.0 Å². The molecule has 2 rings (SSSR count). The number of aromatic nitrogens is 2. The van der Waals surface area contributed by atoms with E-state index < -0.39 is 5.97 Å². The van der Waals surface area contributed by atoms with Crippen LogP contribution < -0.4 is 18.9 Å². The number of methoxy groups -OCH3 is 4. The van der Waals surface area contributed by atoms with Gasteiger partial charge in [-0.3, -0.25) is 14.8 Å². The number of ketones is 1. The first-order chi connectivity index (χ1) is 15.3. The number of aliphatic hydroxyl groups excluding tert-OH is 1. The van der Waals surface area contributed by atoms with Crippen LogP contribution in [0.15, 0.2) is 36.7 Å². The number of allylic oxidation sites excluding steroid dienone is 1. The van der Waals surface area contributed by atoms with Gasteiger partial charge >= 0.3 is 5.97 Å². The molecule has 10 heteroatoms. The van der Waals surface area contributed by atoms with E-state index in [1.165, 1.54) is 39.5 Å². The lowest BCUT2D eigenvalue weighted by atomic mass is 10.3. The molecule has 0 saturated heterocycles. The van der Waals surface area contributed by atoms with Crippen molar-refractivity contribution in [3.05, 3.63) is 48.1 Å². The number of carboxylic acid groups (broad SMARTS) is 1. The topological polar surface area (TPSA) is 137 Å². The maximum atomic E-state index is 10.7. The van der Waals surface area contributed by atoms with Crippen LogP contribution in [-0.4, -0.2) is 67.5 Å². The molecule has 2 aromatic rings. The number of pyridine rings is 2. The van der Waals surface area contributed by atoms with Crippen LogP contribution in [0.25, 0.3) is 12.2 Å². The molecular formula is C22H28N2O8. The highest BCUT2D eigenvalue weighted by atomic mass is 16.5. The van der Waals surface area contributed by atoms with Crippen molar-refractivity contribution in [1.82, 2.24) is 9.97 Å². The molecule has 2 N–H and O–H groups in total. The predicted molar refractivity (Wildman–Crippen MR) is 119 cm³/mol. The Kier molecular flexibility index (Phi) is 13.9. The lowest BCUT2D eigenvalue weighted by Gasteiger charge is -2.06. The molecule has 32 heavy (non-hydrogen) atoms. The molecule has 174 valence electrons. The van der Waals surface area contributed by atoms with Crippen LogP contribution in [0.3, 0.4) is 0 Å². The lowest BCUT2D eigenvalue weighted by molar-refractivity contribution is -0.131. The summed E-state index contributed by atoms with van der Waals surface area (Å²) in [6.07, 6.45) is 8.50. The third-order valence-electron chi connectivity index (χ3n) is 3.47. The van der Waals surface area contributed by atoms with Crippen molar-refractivity contribution < 1.29 is 38.7 Å². The smallest absolute Gasteiger partial charge is 0.328 e. The summed E-state index contributed by atoms with van der Waals surface area (Å²) in [7, 11) is 7.11. The van der Waals surface area contributed by atoms with Crippen molar-refractivity contribution in [2.45, 2.75) is 6.92 Å². The fourth-order valence-electron chi connectivity index (χ4n) is 2.05. The number of aliphatic hydroxyl groups is 1. The Hall–Kier alpha value is -3.92. The summed E-state index contributed by atoms with van der Waals surface area (Å²) in [6, 6.07) is 3.30. The van der Waals surface area contributed by atoms with Gasteiger partial charge in [0.2, 0.25) is 0 Å². The van der Waals surface area contributed by atoms with E-state index in [1.807, 2.05) is 0 Å². The normalized spacial score (nSPS) is 9.84. The molecule has 0 spiro atoms. The fraction of sp³-hybridized carbons (Fsp3) is 0.273. The first-order valence-electron chi connectivity index (χ1n) is 9.05. The van der Waals surface area contributed by atoms with E-state index in [2.05, 4.69) is 9.97 Å². The van der Waals surface area contributed by atoms with Crippen molar-refractivity contribution >= 4 is 23.9 Å². The highest BCUT2D eigenvalue weighted by molar-refractivity contribution is 5.91. The van der Waals surface area contributed by atoms with Crippen LogP contribution in [-0.2, 0) is 9.59 Å². The van der Waals surface area contributed by atoms with Gasteiger partial charge in [-0.15, -0.1) is 0 Å². The summed E-state index contributed by atoms with van der Waals surface area (Å²) in [5.41, 5.74) is 1.15. The predicted octanol–water partition coefficient (Wildman–Crippen LogP) is 2.51. The largest absolute Gasteiger partial charge is 0.493 e. The molecule has 0 aliphatic heterocycles. The molecular weight excluding hydrogens is 420 g/mol. The van der Waals surface area contributed by atoms with Crippen molar-refractivity contribution in [3.63, 3.8) is 0 Å². The fourth-order valence-corrected chi connectivity index (χ4v) is 2.05. The molecule has 10 nitrogen and oxygen atoms in total. The van der Waals surface area contributed by atoms with E-state index >= 15 is 0 Å². The maximum Gasteiger partial charge on any atom is 0.328 e. The van der Waals surface area contributed by atoms with Gasteiger partial charge in [-0.05, 0) is 25.2 Å². The van der Waals surface area contributed by atoms with Gasteiger partial charge in [0.25, 0.3) is 0 Å². The number of rotatable bonds is 8. The Morgan fingerprint density at radius 2 is 1.12 bits per heavy atom. The zero-order valence-electron chi connectivity index (χ0n) is 18.9. The summed E-state index contributed by atoms with van der Waals surface area (Å²) in [5.74, 6) is 1.13. The lowest BCUT2D eigenvalue weighted by Crippen LogP contribution is -1.93. The molecule has 0 aliphatic carbocycles. The third kappa shape index (κ3) is 10.2. The Balaban J connectivity index is 0.000000557. The summed E-state index contributed by atoms with van der Waals surface area (Å²) in [6.45, 7) is 1.48. The second-order valence-corrected chi connectivity index (χ2v) is 5.54. The number of carbonyl (C=O) groups is 2. The molecule has 0 fully saturated rings. The Morgan fingerprint density at radius 3 is 1.44 bits per heavy atom. The second kappa shape index (κ2) is 15.9. The Labute approximate surface area is 186 Å². The van der Waals surface area contributed by atoms with Gasteiger partial charge in [-0.2, -0.15) is 0 Å². The zero-order valence-corrected chi connectivity index (χ0v) is 18.9. The van der Waals surface area contributed by atoms with Crippen molar-refractivity contribution in [2.24, 2.45) is 0 Å². The second-order valence-electron chi connectivity index (χ2n) is 5.54. The average Bonchev–Trinajstić information content (AvgIpc) is 2.82. The molecule has 0 amide bonds. The van der Waals surface area contributed by atoms with E-state index in [9.17, 15) is 9.59 Å². The number of hydrogen-bond donors (Lipinski definition) is 2. The minimum Gasteiger partial charge on any atom is -0.493 e.